The molecule has 0 bridgehead atoms. The predicted octanol–water partition coefficient (Wildman–Crippen LogP) is 1.81. The first kappa shape index (κ1) is 16.0. The zero-order chi connectivity index (χ0) is 15.5. The minimum Gasteiger partial charge on any atom is -0.395 e. The molecule has 114 valence electrons. The highest BCUT2D eigenvalue weighted by Gasteiger charge is 2.38. The maximum Gasteiger partial charge on any atom is 0.241 e. The van der Waals surface area contributed by atoms with Crippen molar-refractivity contribution < 1.29 is 13.5 Å². The molecule has 2 N–H and O–H groups in total. The SMILES string of the molecule is CCC1CC1NS(=O)(=O)c1cc(C#CCCO)ccc1C. The Morgan fingerprint density at radius 2 is 2.19 bits per heavy atom. The van der Waals surface area contributed by atoms with E-state index in [0.717, 1.165) is 12.8 Å². The molecule has 1 saturated carbocycles. The molecule has 0 radical (unpaired) electrons. The van der Waals surface area contributed by atoms with Gasteiger partial charge in [0.2, 0.25) is 10.0 Å². The molecule has 2 atom stereocenters. The topological polar surface area (TPSA) is 66.4 Å². The second kappa shape index (κ2) is 6.61. The first-order valence-corrected chi connectivity index (χ1v) is 8.69. The van der Waals surface area contributed by atoms with E-state index in [4.69, 9.17) is 5.11 Å². The number of aryl methyl sites for hydroxylation is 1. The number of rotatable bonds is 5. The maximum atomic E-state index is 12.4. The molecule has 0 amide bonds. The predicted molar refractivity (Wildman–Crippen MR) is 82.3 cm³/mol. The quantitative estimate of drug-likeness (QED) is 0.815. The van der Waals surface area contributed by atoms with E-state index in [2.05, 4.69) is 23.5 Å². The molecule has 0 aromatic heterocycles. The van der Waals surface area contributed by atoms with Crippen molar-refractivity contribution in [2.24, 2.45) is 5.92 Å². The van der Waals surface area contributed by atoms with Gasteiger partial charge in [0.1, 0.15) is 0 Å². The van der Waals surface area contributed by atoms with Crippen LogP contribution >= 0.6 is 0 Å². The van der Waals surface area contributed by atoms with Gasteiger partial charge in [-0.1, -0.05) is 31.3 Å². The van der Waals surface area contributed by atoms with Crippen LogP contribution in [-0.4, -0.2) is 26.2 Å². The van der Waals surface area contributed by atoms with E-state index < -0.39 is 10.0 Å². The molecule has 0 aliphatic heterocycles. The highest BCUT2D eigenvalue weighted by atomic mass is 32.2. The Morgan fingerprint density at radius 3 is 2.81 bits per heavy atom. The van der Waals surface area contributed by atoms with Crippen molar-refractivity contribution in [1.29, 1.82) is 0 Å². The summed E-state index contributed by atoms with van der Waals surface area (Å²) in [5, 5.41) is 8.72. The molecular weight excluding hydrogens is 286 g/mol. The summed E-state index contributed by atoms with van der Waals surface area (Å²) < 4.78 is 27.7. The maximum absolute atomic E-state index is 12.4. The lowest BCUT2D eigenvalue weighted by Crippen LogP contribution is -2.27. The van der Waals surface area contributed by atoms with Gasteiger partial charge in [-0.05, 0) is 37.0 Å². The third-order valence-electron chi connectivity index (χ3n) is 3.70. The standard InChI is InChI=1S/C16H21NO3S/c1-3-14-11-15(14)17-21(19,20)16-10-13(6-4-5-9-18)8-7-12(16)2/h7-8,10,14-15,17-18H,3,5,9,11H2,1-2H3. The summed E-state index contributed by atoms with van der Waals surface area (Å²) in [6.45, 7) is 3.86. The lowest BCUT2D eigenvalue weighted by atomic mass is 10.1. The second-order valence-corrected chi connectivity index (χ2v) is 7.07. The van der Waals surface area contributed by atoms with Gasteiger partial charge in [-0.3, -0.25) is 0 Å². The van der Waals surface area contributed by atoms with Crippen LogP contribution in [0.1, 0.15) is 37.3 Å². The molecule has 1 aliphatic rings. The Bertz CT molecular complexity index is 670. The molecule has 5 heteroatoms. The number of benzene rings is 1. The summed E-state index contributed by atoms with van der Waals surface area (Å²) in [5.41, 5.74) is 1.36. The second-order valence-electron chi connectivity index (χ2n) is 5.39. The number of hydrogen-bond donors (Lipinski definition) is 2. The van der Waals surface area contributed by atoms with Crippen LogP contribution in [-0.2, 0) is 10.0 Å². The van der Waals surface area contributed by atoms with Crippen molar-refractivity contribution in [2.75, 3.05) is 6.61 Å². The lowest BCUT2D eigenvalue weighted by molar-refractivity contribution is 0.305. The molecule has 1 aromatic carbocycles. The third-order valence-corrected chi connectivity index (χ3v) is 5.33. The van der Waals surface area contributed by atoms with Gasteiger partial charge < -0.3 is 5.11 Å². The third kappa shape index (κ3) is 4.07. The van der Waals surface area contributed by atoms with Crippen LogP contribution in [0.5, 0.6) is 0 Å². The van der Waals surface area contributed by atoms with Crippen molar-refractivity contribution in [3.63, 3.8) is 0 Å². The van der Waals surface area contributed by atoms with Gasteiger partial charge in [-0.15, -0.1) is 0 Å². The van der Waals surface area contributed by atoms with E-state index >= 15 is 0 Å². The van der Waals surface area contributed by atoms with Crippen LogP contribution in [0.25, 0.3) is 0 Å². The molecule has 1 aliphatic carbocycles. The molecular formula is C16H21NO3S. The minimum absolute atomic E-state index is 0.00561. The zero-order valence-corrected chi connectivity index (χ0v) is 13.2. The first-order valence-electron chi connectivity index (χ1n) is 7.20. The summed E-state index contributed by atoms with van der Waals surface area (Å²) in [4.78, 5) is 0.292. The molecule has 0 heterocycles. The van der Waals surface area contributed by atoms with Crippen LogP contribution in [0.3, 0.4) is 0 Å². The molecule has 1 aromatic rings. The van der Waals surface area contributed by atoms with Crippen molar-refractivity contribution >= 4 is 10.0 Å². The summed E-state index contributed by atoms with van der Waals surface area (Å²) >= 11 is 0. The highest BCUT2D eigenvalue weighted by molar-refractivity contribution is 7.89. The smallest absolute Gasteiger partial charge is 0.241 e. The van der Waals surface area contributed by atoms with E-state index in [1.165, 1.54) is 0 Å². The van der Waals surface area contributed by atoms with Crippen LogP contribution < -0.4 is 4.72 Å². The van der Waals surface area contributed by atoms with E-state index in [1.54, 1.807) is 25.1 Å². The summed E-state index contributed by atoms with van der Waals surface area (Å²) in [5.74, 6) is 6.14. The lowest BCUT2D eigenvalue weighted by Gasteiger charge is -2.09. The van der Waals surface area contributed by atoms with Crippen LogP contribution in [0.15, 0.2) is 23.1 Å². The molecule has 1 fully saturated rings. The molecule has 2 rings (SSSR count). The van der Waals surface area contributed by atoms with Crippen molar-refractivity contribution in [1.82, 2.24) is 4.72 Å². The molecule has 0 spiro atoms. The summed E-state index contributed by atoms with van der Waals surface area (Å²) in [6, 6.07) is 5.24. The number of nitrogens with one attached hydrogen (secondary N) is 1. The fourth-order valence-corrected chi connectivity index (χ4v) is 3.88. The fourth-order valence-electron chi connectivity index (χ4n) is 2.29. The summed E-state index contributed by atoms with van der Waals surface area (Å²) in [6.07, 6.45) is 2.30. The van der Waals surface area contributed by atoms with Crippen molar-refractivity contribution in [3.05, 3.63) is 29.3 Å². The van der Waals surface area contributed by atoms with Crippen LogP contribution in [0, 0.1) is 24.7 Å². The first-order chi connectivity index (χ1) is 9.97. The van der Waals surface area contributed by atoms with Gasteiger partial charge in [0.15, 0.2) is 0 Å². The Balaban J connectivity index is 2.22. The highest BCUT2D eigenvalue weighted by Crippen LogP contribution is 2.34. The Morgan fingerprint density at radius 1 is 1.43 bits per heavy atom. The monoisotopic (exact) mass is 307 g/mol. The normalized spacial score (nSPS) is 20.7. The molecule has 0 saturated heterocycles. The Labute approximate surface area is 126 Å². The van der Waals surface area contributed by atoms with E-state index in [0.29, 0.717) is 28.4 Å². The minimum atomic E-state index is -3.49. The average Bonchev–Trinajstić information content (AvgIpc) is 3.18. The fraction of sp³-hybridized carbons (Fsp3) is 0.500. The van der Waals surface area contributed by atoms with Crippen LogP contribution in [0.2, 0.25) is 0 Å². The van der Waals surface area contributed by atoms with Gasteiger partial charge >= 0.3 is 0 Å². The molecule has 21 heavy (non-hydrogen) atoms. The molecule has 4 nitrogen and oxygen atoms in total. The van der Waals surface area contributed by atoms with Gasteiger partial charge in [-0.25, -0.2) is 13.1 Å². The molecule has 2 unspecified atom stereocenters. The van der Waals surface area contributed by atoms with Gasteiger partial charge in [0.25, 0.3) is 0 Å². The van der Waals surface area contributed by atoms with Gasteiger partial charge in [-0.2, -0.15) is 0 Å². The largest absolute Gasteiger partial charge is 0.395 e. The average molecular weight is 307 g/mol. The van der Waals surface area contributed by atoms with Crippen molar-refractivity contribution in [2.45, 2.75) is 44.0 Å². The van der Waals surface area contributed by atoms with E-state index in [9.17, 15) is 8.42 Å². The zero-order valence-electron chi connectivity index (χ0n) is 12.4. The number of aliphatic hydroxyl groups excluding tert-OH is 1. The van der Waals surface area contributed by atoms with Gasteiger partial charge in [0.05, 0.1) is 11.5 Å². The number of aliphatic hydroxyl groups is 1. The van der Waals surface area contributed by atoms with Crippen molar-refractivity contribution in [3.8, 4) is 11.8 Å². The van der Waals surface area contributed by atoms with Crippen LogP contribution in [0.4, 0.5) is 0 Å². The van der Waals surface area contributed by atoms with E-state index in [-0.39, 0.29) is 12.6 Å². The van der Waals surface area contributed by atoms with Gasteiger partial charge in [0, 0.05) is 18.0 Å². The number of hydrogen-bond acceptors (Lipinski definition) is 3. The van der Waals surface area contributed by atoms with E-state index in [1.807, 2.05) is 0 Å². The number of sulfonamides is 1. The Hall–Kier alpha value is -1.35. The summed E-state index contributed by atoms with van der Waals surface area (Å²) in [7, 11) is -3.49. The Kier molecular flexibility index (Phi) is 5.04.